The molecule has 1 aromatic carbocycles. The number of hydrogen-bond acceptors (Lipinski definition) is 2. The smallest absolute Gasteiger partial charge is 0.254 e. The number of likely N-dealkylation sites (tertiary alicyclic amines) is 1. The van der Waals surface area contributed by atoms with Crippen LogP contribution >= 0.6 is 31.9 Å². The van der Waals surface area contributed by atoms with Gasteiger partial charge in [0, 0.05) is 27.6 Å². The van der Waals surface area contributed by atoms with Gasteiger partial charge in [0.05, 0.1) is 0 Å². The standard InChI is InChI=1S/C15H16Br2N2O2/c1-10(16)9-18-14(20)13-3-2-8-19(13)15(21)11-4-6-12(17)7-5-11/h4-7,13H,1-3,8-9H2,(H,18,20). The van der Waals surface area contributed by atoms with Gasteiger partial charge in [0.2, 0.25) is 5.91 Å². The van der Waals surface area contributed by atoms with E-state index in [4.69, 9.17) is 0 Å². The van der Waals surface area contributed by atoms with Crippen LogP contribution in [0.25, 0.3) is 0 Å². The number of carbonyl (C=O) groups excluding carboxylic acids is 2. The molecule has 1 N–H and O–H groups in total. The van der Waals surface area contributed by atoms with Crippen LogP contribution in [0.5, 0.6) is 0 Å². The van der Waals surface area contributed by atoms with E-state index in [1.54, 1.807) is 17.0 Å². The van der Waals surface area contributed by atoms with E-state index in [9.17, 15) is 9.59 Å². The van der Waals surface area contributed by atoms with Crippen molar-refractivity contribution < 1.29 is 9.59 Å². The van der Waals surface area contributed by atoms with Crippen LogP contribution in [-0.4, -0.2) is 35.8 Å². The summed E-state index contributed by atoms with van der Waals surface area (Å²) in [5, 5.41) is 2.78. The number of carbonyl (C=O) groups is 2. The van der Waals surface area contributed by atoms with Crippen molar-refractivity contribution >= 4 is 43.7 Å². The van der Waals surface area contributed by atoms with Crippen molar-refractivity contribution in [1.82, 2.24) is 10.2 Å². The molecule has 1 aliphatic heterocycles. The molecule has 0 bridgehead atoms. The van der Waals surface area contributed by atoms with Crippen molar-refractivity contribution in [2.75, 3.05) is 13.1 Å². The molecule has 2 amide bonds. The van der Waals surface area contributed by atoms with Gasteiger partial charge in [-0.2, -0.15) is 0 Å². The fourth-order valence-corrected chi connectivity index (χ4v) is 2.75. The highest BCUT2D eigenvalue weighted by Crippen LogP contribution is 2.21. The first-order chi connectivity index (χ1) is 9.99. The van der Waals surface area contributed by atoms with Crippen molar-refractivity contribution in [2.24, 2.45) is 0 Å². The van der Waals surface area contributed by atoms with E-state index < -0.39 is 6.04 Å². The molecule has 1 saturated heterocycles. The molecule has 1 fully saturated rings. The van der Waals surface area contributed by atoms with Gasteiger partial charge in [0.25, 0.3) is 5.91 Å². The molecule has 4 nitrogen and oxygen atoms in total. The number of rotatable bonds is 4. The van der Waals surface area contributed by atoms with Gasteiger partial charge in [0.1, 0.15) is 6.04 Å². The first-order valence-electron chi connectivity index (χ1n) is 6.66. The lowest BCUT2D eigenvalue weighted by Gasteiger charge is -2.24. The quantitative estimate of drug-likeness (QED) is 0.821. The maximum atomic E-state index is 12.5. The van der Waals surface area contributed by atoms with Crippen LogP contribution in [0.3, 0.4) is 0 Å². The molecule has 1 atom stereocenters. The number of benzene rings is 1. The second-order valence-corrected chi connectivity index (χ2v) is 6.94. The maximum absolute atomic E-state index is 12.5. The summed E-state index contributed by atoms with van der Waals surface area (Å²) < 4.78 is 1.63. The summed E-state index contributed by atoms with van der Waals surface area (Å²) in [7, 11) is 0. The number of halogens is 2. The molecule has 0 aliphatic carbocycles. The van der Waals surface area contributed by atoms with Crippen molar-refractivity contribution in [1.29, 1.82) is 0 Å². The largest absolute Gasteiger partial charge is 0.350 e. The molecule has 112 valence electrons. The van der Waals surface area contributed by atoms with E-state index in [1.807, 2.05) is 12.1 Å². The number of amides is 2. The molecule has 1 heterocycles. The zero-order chi connectivity index (χ0) is 15.4. The highest BCUT2D eigenvalue weighted by molar-refractivity contribution is 9.11. The van der Waals surface area contributed by atoms with E-state index in [0.717, 1.165) is 10.9 Å². The van der Waals surface area contributed by atoms with E-state index in [-0.39, 0.29) is 11.8 Å². The maximum Gasteiger partial charge on any atom is 0.254 e. The molecular weight excluding hydrogens is 400 g/mol. The molecule has 0 radical (unpaired) electrons. The Kier molecular flexibility index (Phi) is 5.58. The Morgan fingerprint density at radius 3 is 2.62 bits per heavy atom. The van der Waals surface area contributed by atoms with E-state index in [1.165, 1.54) is 0 Å². The van der Waals surface area contributed by atoms with Crippen LogP contribution in [0.4, 0.5) is 0 Å². The Balaban J connectivity index is 2.07. The van der Waals surface area contributed by atoms with E-state index >= 15 is 0 Å². The number of nitrogens with one attached hydrogen (secondary N) is 1. The van der Waals surface area contributed by atoms with Crippen LogP contribution in [-0.2, 0) is 4.79 Å². The zero-order valence-electron chi connectivity index (χ0n) is 11.4. The highest BCUT2D eigenvalue weighted by Gasteiger charge is 2.34. The first-order valence-corrected chi connectivity index (χ1v) is 8.25. The summed E-state index contributed by atoms with van der Waals surface area (Å²) in [6.45, 7) is 4.66. The van der Waals surface area contributed by atoms with Gasteiger partial charge in [-0.25, -0.2) is 0 Å². The Bertz CT molecular complexity index is 557. The molecule has 0 spiro atoms. The molecule has 2 rings (SSSR count). The second kappa shape index (κ2) is 7.22. The molecule has 0 aromatic heterocycles. The summed E-state index contributed by atoms with van der Waals surface area (Å²) in [4.78, 5) is 26.3. The molecule has 0 saturated carbocycles. The van der Waals surface area contributed by atoms with Crippen LogP contribution < -0.4 is 5.32 Å². The van der Waals surface area contributed by atoms with Gasteiger partial charge in [-0.3, -0.25) is 9.59 Å². The second-order valence-electron chi connectivity index (χ2n) is 4.90. The Morgan fingerprint density at radius 1 is 1.33 bits per heavy atom. The molecule has 1 aliphatic rings. The average Bonchev–Trinajstić information content (AvgIpc) is 2.94. The topological polar surface area (TPSA) is 49.4 Å². The lowest BCUT2D eigenvalue weighted by molar-refractivity contribution is -0.124. The minimum absolute atomic E-state index is 0.0992. The minimum Gasteiger partial charge on any atom is -0.350 e. The number of nitrogens with zero attached hydrogens (tertiary/aromatic N) is 1. The summed E-state index contributed by atoms with van der Waals surface area (Å²) >= 11 is 6.55. The predicted molar refractivity (Wildman–Crippen MR) is 89.3 cm³/mol. The van der Waals surface area contributed by atoms with Gasteiger partial charge < -0.3 is 10.2 Å². The van der Waals surface area contributed by atoms with Gasteiger partial charge in [-0.15, -0.1) is 0 Å². The SMILES string of the molecule is C=C(Br)CNC(=O)C1CCCN1C(=O)c1ccc(Br)cc1. The molecular formula is C15H16Br2N2O2. The van der Waals surface area contributed by atoms with E-state index in [0.29, 0.717) is 29.6 Å². The van der Waals surface area contributed by atoms with Crippen molar-refractivity contribution in [3.05, 3.63) is 45.4 Å². The monoisotopic (exact) mass is 414 g/mol. The number of hydrogen-bond donors (Lipinski definition) is 1. The Morgan fingerprint density at radius 2 is 2.00 bits per heavy atom. The average molecular weight is 416 g/mol. The van der Waals surface area contributed by atoms with Crippen molar-refractivity contribution in [3.63, 3.8) is 0 Å². The van der Waals surface area contributed by atoms with Crippen LogP contribution in [0.15, 0.2) is 39.8 Å². The van der Waals surface area contributed by atoms with Crippen LogP contribution in [0.2, 0.25) is 0 Å². The zero-order valence-corrected chi connectivity index (χ0v) is 14.6. The predicted octanol–water partition coefficient (Wildman–Crippen LogP) is 3.08. The summed E-state index contributed by atoms with van der Waals surface area (Å²) in [6, 6.07) is 6.79. The van der Waals surface area contributed by atoms with Crippen LogP contribution in [0, 0.1) is 0 Å². The van der Waals surface area contributed by atoms with Gasteiger partial charge in [0.15, 0.2) is 0 Å². The first kappa shape index (κ1) is 16.2. The molecule has 21 heavy (non-hydrogen) atoms. The third kappa shape index (κ3) is 4.17. The highest BCUT2D eigenvalue weighted by atomic mass is 79.9. The Hall–Kier alpha value is -1.14. The summed E-state index contributed by atoms with van der Waals surface area (Å²) in [5.74, 6) is -0.226. The third-order valence-corrected chi connectivity index (χ3v) is 4.17. The lowest BCUT2D eigenvalue weighted by atomic mass is 10.1. The molecule has 1 unspecified atom stereocenters. The third-order valence-electron chi connectivity index (χ3n) is 3.36. The van der Waals surface area contributed by atoms with Crippen LogP contribution in [0.1, 0.15) is 23.2 Å². The Labute approximate surface area is 140 Å². The van der Waals surface area contributed by atoms with Gasteiger partial charge in [-0.1, -0.05) is 38.4 Å². The fourth-order valence-electron chi connectivity index (χ4n) is 2.34. The molecule has 1 aromatic rings. The normalized spacial score (nSPS) is 17.6. The lowest BCUT2D eigenvalue weighted by Crippen LogP contribution is -2.46. The van der Waals surface area contributed by atoms with Gasteiger partial charge >= 0.3 is 0 Å². The van der Waals surface area contributed by atoms with Crippen molar-refractivity contribution in [3.8, 4) is 0 Å². The van der Waals surface area contributed by atoms with Gasteiger partial charge in [-0.05, 0) is 37.1 Å². The molecule has 6 heteroatoms. The fraction of sp³-hybridized carbons (Fsp3) is 0.333. The summed E-state index contributed by atoms with van der Waals surface area (Å²) in [5.41, 5.74) is 0.600. The summed E-state index contributed by atoms with van der Waals surface area (Å²) in [6.07, 6.45) is 1.54. The minimum atomic E-state index is -0.395. The van der Waals surface area contributed by atoms with Crippen molar-refractivity contribution in [2.45, 2.75) is 18.9 Å². The van der Waals surface area contributed by atoms with E-state index in [2.05, 4.69) is 43.8 Å².